The van der Waals surface area contributed by atoms with Crippen molar-refractivity contribution in [3.8, 4) is 5.75 Å². The minimum absolute atomic E-state index is 0.709. The first-order valence-corrected chi connectivity index (χ1v) is 7.35. The highest BCUT2D eigenvalue weighted by Crippen LogP contribution is 2.30. The highest BCUT2D eigenvalue weighted by molar-refractivity contribution is 5.41. The fraction of sp³-hybridized carbons (Fsp3) is 0.625. The normalized spacial score (nSPS) is 24.6. The summed E-state index contributed by atoms with van der Waals surface area (Å²) in [5.41, 5.74) is 2.91. The Morgan fingerprint density at radius 2 is 1.95 bits per heavy atom. The van der Waals surface area contributed by atoms with Gasteiger partial charge in [-0.1, -0.05) is 12.1 Å². The van der Waals surface area contributed by atoms with Gasteiger partial charge < -0.3 is 9.47 Å². The maximum atomic E-state index is 5.52. The van der Waals surface area contributed by atoms with Crippen LogP contribution in [0.4, 0.5) is 0 Å². The van der Waals surface area contributed by atoms with E-state index in [9.17, 15) is 0 Å². The van der Waals surface area contributed by atoms with Gasteiger partial charge in [0, 0.05) is 19.1 Å². The minimum Gasteiger partial charge on any atom is -0.496 e. The summed E-state index contributed by atoms with van der Waals surface area (Å²) in [6.07, 6.45) is 4.82. The van der Waals surface area contributed by atoms with Gasteiger partial charge in [0.1, 0.15) is 5.75 Å². The van der Waals surface area contributed by atoms with Crippen molar-refractivity contribution in [2.75, 3.05) is 33.4 Å². The number of hydrogen-bond acceptors (Lipinski definition) is 3. The zero-order valence-corrected chi connectivity index (χ0v) is 11.7. The predicted molar refractivity (Wildman–Crippen MR) is 75.8 cm³/mol. The molecule has 3 rings (SSSR count). The van der Waals surface area contributed by atoms with Crippen molar-refractivity contribution in [1.82, 2.24) is 4.90 Å². The molecule has 1 aliphatic carbocycles. The minimum atomic E-state index is 0.709. The SMILES string of the molecule is COc1cccc2c1CCC(N1CCOCC1)CC2. The summed E-state index contributed by atoms with van der Waals surface area (Å²) >= 11 is 0. The third-order valence-electron chi connectivity index (χ3n) is 4.49. The van der Waals surface area contributed by atoms with E-state index in [4.69, 9.17) is 9.47 Å². The molecule has 0 aromatic heterocycles. The third-order valence-corrected chi connectivity index (χ3v) is 4.49. The Bertz CT molecular complexity index is 427. The van der Waals surface area contributed by atoms with Gasteiger partial charge in [0.2, 0.25) is 0 Å². The topological polar surface area (TPSA) is 21.7 Å². The van der Waals surface area contributed by atoms with Crippen molar-refractivity contribution < 1.29 is 9.47 Å². The van der Waals surface area contributed by atoms with E-state index in [1.807, 2.05) is 0 Å². The van der Waals surface area contributed by atoms with Crippen LogP contribution < -0.4 is 4.74 Å². The smallest absolute Gasteiger partial charge is 0.122 e. The van der Waals surface area contributed by atoms with E-state index in [2.05, 4.69) is 23.1 Å². The van der Waals surface area contributed by atoms with Crippen molar-refractivity contribution in [1.29, 1.82) is 0 Å². The largest absolute Gasteiger partial charge is 0.496 e. The molecule has 3 nitrogen and oxygen atoms in total. The fourth-order valence-electron chi connectivity index (χ4n) is 3.41. The Balaban J connectivity index is 1.73. The second-order valence-corrected chi connectivity index (χ2v) is 5.48. The summed E-state index contributed by atoms with van der Waals surface area (Å²) < 4.78 is 11.0. The number of morpholine rings is 1. The molecule has 1 unspecified atom stereocenters. The molecule has 1 aliphatic heterocycles. The first-order chi connectivity index (χ1) is 9.38. The first kappa shape index (κ1) is 12.9. The van der Waals surface area contributed by atoms with Crippen LogP contribution in [0.2, 0.25) is 0 Å². The van der Waals surface area contributed by atoms with Gasteiger partial charge in [-0.15, -0.1) is 0 Å². The third kappa shape index (κ3) is 2.77. The number of benzene rings is 1. The van der Waals surface area contributed by atoms with Crippen LogP contribution in [-0.2, 0) is 17.6 Å². The molecular formula is C16H23NO2. The fourth-order valence-corrected chi connectivity index (χ4v) is 3.41. The van der Waals surface area contributed by atoms with Gasteiger partial charge in [0.25, 0.3) is 0 Å². The molecule has 0 spiro atoms. The molecule has 1 fully saturated rings. The summed E-state index contributed by atoms with van der Waals surface area (Å²) in [5, 5.41) is 0. The Morgan fingerprint density at radius 3 is 2.74 bits per heavy atom. The van der Waals surface area contributed by atoms with Crippen molar-refractivity contribution in [2.45, 2.75) is 31.7 Å². The molecule has 0 N–H and O–H groups in total. The number of fused-ring (bicyclic) bond motifs is 1. The van der Waals surface area contributed by atoms with E-state index in [0.717, 1.165) is 38.5 Å². The van der Waals surface area contributed by atoms with Crippen LogP contribution in [0.3, 0.4) is 0 Å². The van der Waals surface area contributed by atoms with E-state index in [1.165, 1.54) is 30.4 Å². The monoisotopic (exact) mass is 261 g/mol. The molecule has 1 heterocycles. The predicted octanol–water partition coefficient (Wildman–Crippen LogP) is 2.27. The van der Waals surface area contributed by atoms with E-state index in [1.54, 1.807) is 7.11 Å². The summed E-state index contributed by atoms with van der Waals surface area (Å²) in [5.74, 6) is 1.07. The van der Waals surface area contributed by atoms with Gasteiger partial charge in [-0.2, -0.15) is 0 Å². The number of rotatable bonds is 2. The molecule has 1 saturated heterocycles. The van der Waals surface area contributed by atoms with E-state index in [-0.39, 0.29) is 0 Å². The van der Waals surface area contributed by atoms with Crippen LogP contribution in [0.25, 0.3) is 0 Å². The summed E-state index contributed by atoms with van der Waals surface area (Å²) in [7, 11) is 1.78. The van der Waals surface area contributed by atoms with Crippen LogP contribution in [-0.4, -0.2) is 44.4 Å². The lowest BCUT2D eigenvalue weighted by Gasteiger charge is -2.33. The molecule has 0 radical (unpaired) electrons. The van der Waals surface area contributed by atoms with Crippen molar-refractivity contribution >= 4 is 0 Å². The Labute approximate surface area is 115 Å². The summed E-state index contributed by atoms with van der Waals surface area (Å²) in [6.45, 7) is 3.98. The number of hydrogen-bond donors (Lipinski definition) is 0. The van der Waals surface area contributed by atoms with E-state index in [0.29, 0.717) is 6.04 Å². The maximum Gasteiger partial charge on any atom is 0.122 e. The standard InChI is InChI=1S/C16H23NO2/c1-18-16-4-2-3-13-5-6-14(7-8-15(13)16)17-9-11-19-12-10-17/h2-4,14H,5-12H2,1H3. The summed E-state index contributed by atoms with van der Waals surface area (Å²) in [4.78, 5) is 2.61. The van der Waals surface area contributed by atoms with Gasteiger partial charge in [-0.25, -0.2) is 0 Å². The van der Waals surface area contributed by atoms with Crippen LogP contribution in [0.15, 0.2) is 18.2 Å². The highest BCUT2D eigenvalue weighted by Gasteiger charge is 2.24. The van der Waals surface area contributed by atoms with Crippen LogP contribution >= 0.6 is 0 Å². The molecule has 2 aliphatic rings. The van der Waals surface area contributed by atoms with Crippen LogP contribution in [0.1, 0.15) is 24.0 Å². The average molecular weight is 261 g/mol. The van der Waals surface area contributed by atoms with Crippen molar-refractivity contribution in [3.63, 3.8) is 0 Å². The molecule has 19 heavy (non-hydrogen) atoms. The number of ether oxygens (including phenoxy) is 2. The van der Waals surface area contributed by atoms with Gasteiger partial charge >= 0.3 is 0 Å². The number of methoxy groups -OCH3 is 1. The Morgan fingerprint density at radius 1 is 1.16 bits per heavy atom. The zero-order chi connectivity index (χ0) is 13.1. The number of aryl methyl sites for hydroxylation is 1. The zero-order valence-electron chi connectivity index (χ0n) is 11.7. The molecule has 0 bridgehead atoms. The van der Waals surface area contributed by atoms with Crippen molar-refractivity contribution in [2.24, 2.45) is 0 Å². The number of nitrogens with zero attached hydrogens (tertiary/aromatic N) is 1. The van der Waals surface area contributed by atoms with Crippen molar-refractivity contribution in [3.05, 3.63) is 29.3 Å². The molecule has 1 atom stereocenters. The van der Waals surface area contributed by atoms with E-state index >= 15 is 0 Å². The van der Waals surface area contributed by atoms with Crippen LogP contribution in [0, 0.1) is 0 Å². The lowest BCUT2D eigenvalue weighted by molar-refractivity contribution is 0.0136. The lowest BCUT2D eigenvalue weighted by atomic mass is 10.0. The Kier molecular flexibility index (Phi) is 4.04. The maximum absolute atomic E-state index is 5.52. The molecule has 0 saturated carbocycles. The second-order valence-electron chi connectivity index (χ2n) is 5.48. The van der Waals surface area contributed by atoms with Gasteiger partial charge in [0.15, 0.2) is 0 Å². The highest BCUT2D eigenvalue weighted by atomic mass is 16.5. The lowest BCUT2D eigenvalue weighted by Crippen LogP contribution is -2.43. The molecular weight excluding hydrogens is 238 g/mol. The quantitative estimate of drug-likeness (QED) is 0.762. The molecule has 104 valence electrons. The second kappa shape index (κ2) is 5.93. The van der Waals surface area contributed by atoms with E-state index < -0.39 is 0 Å². The molecule has 3 heteroatoms. The molecule has 0 amide bonds. The Hall–Kier alpha value is -1.06. The van der Waals surface area contributed by atoms with Gasteiger partial charge in [0.05, 0.1) is 20.3 Å². The molecule has 1 aromatic rings. The molecule has 1 aromatic carbocycles. The summed E-state index contributed by atoms with van der Waals surface area (Å²) in [6, 6.07) is 7.18. The van der Waals surface area contributed by atoms with Gasteiger partial charge in [-0.3, -0.25) is 4.90 Å². The van der Waals surface area contributed by atoms with Gasteiger partial charge in [-0.05, 0) is 42.9 Å². The van der Waals surface area contributed by atoms with Crippen LogP contribution in [0.5, 0.6) is 5.75 Å². The average Bonchev–Trinajstić information content (AvgIpc) is 2.70. The first-order valence-electron chi connectivity index (χ1n) is 7.35.